The van der Waals surface area contributed by atoms with Gasteiger partial charge in [-0.2, -0.15) is 0 Å². The summed E-state index contributed by atoms with van der Waals surface area (Å²) >= 11 is 0. The molecule has 2 heterocycles. The maximum atomic E-state index is 12.6. The number of rotatable bonds is 3. The first-order valence-electron chi connectivity index (χ1n) is 8.64. The first kappa shape index (κ1) is 16.4. The second kappa shape index (κ2) is 6.04. The van der Waals surface area contributed by atoms with Crippen LogP contribution in [0.15, 0.2) is 53.5 Å². The number of fused-ring (bicyclic) bond motifs is 3. The lowest BCUT2D eigenvalue weighted by Crippen LogP contribution is -2.09. The Balaban J connectivity index is 2.03. The van der Waals surface area contributed by atoms with Crippen LogP contribution in [0.25, 0.3) is 32.9 Å². The van der Waals surface area contributed by atoms with Crippen LogP contribution in [-0.4, -0.2) is 21.2 Å². The SMILES string of the molecule is C[C@@H](CN)c1ccc(-c2cn(C)c3c(=O)[nH]c4ccc(O)cc4c23)cc1. The minimum Gasteiger partial charge on any atom is -0.508 e. The van der Waals surface area contributed by atoms with Crippen LogP contribution in [0, 0.1) is 0 Å². The summed E-state index contributed by atoms with van der Waals surface area (Å²) in [5.74, 6) is 0.477. The fraction of sp³-hybridized carbons (Fsp3) is 0.190. The van der Waals surface area contributed by atoms with Crippen molar-refractivity contribution < 1.29 is 5.11 Å². The maximum Gasteiger partial charge on any atom is 0.272 e. The van der Waals surface area contributed by atoms with Crippen molar-refractivity contribution in [3.05, 3.63) is 64.6 Å². The molecule has 2 aromatic heterocycles. The number of nitrogens with one attached hydrogen (secondary N) is 1. The Morgan fingerprint density at radius 3 is 2.62 bits per heavy atom. The fourth-order valence-electron chi connectivity index (χ4n) is 3.55. The van der Waals surface area contributed by atoms with Crippen molar-refractivity contribution in [2.45, 2.75) is 12.8 Å². The van der Waals surface area contributed by atoms with Gasteiger partial charge >= 0.3 is 0 Å². The number of aryl methyl sites for hydroxylation is 1. The second-order valence-corrected chi connectivity index (χ2v) is 6.82. The predicted molar refractivity (Wildman–Crippen MR) is 106 cm³/mol. The summed E-state index contributed by atoms with van der Waals surface area (Å²) in [5, 5.41) is 11.6. The summed E-state index contributed by atoms with van der Waals surface area (Å²) in [6.45, 7) is 2.70. The quantitative estimate of drug-likeness (QED) is 0.531. The molecule has 4 N–H and O–H groups in total. The van der Waals surface area contributed by atoms with Gasteiger partial charge in [-0.3, -0.25) is 4.79 Å². The monoisotopic (exact) mass is 347 g/mol. The highest BCUT2D eigenvalue weighted by Crippen LogP contribution is 2.35. The molecule has 5 nitrogen and oxygen atoms in total. The van der Waals surface area contributed by atoms with E-state index in [1.165, 1.54) is 5.56 Å². The molecule has 0 aliphatic heterocycles. The van der Waals surface area contributed by atoms with Crippen molar-refractivity contribution in [1.29, 1.82) is 0 Å². The Kier molecular flexibility index (Phi) is 3.81. The van der Waals surface area contributed by atoms with Gasteiger partial charge in [0.05, 0.1) is 0 Å². The Morgan fingerprint density at radius 2 is 1.92 bits per heavy atom. The standard InChI is InChI=1S/C21H21N3O2/c1-12(10-22)13-3-5-14(6-4-13)17-11-24(2)20-19(17)16-9-15(25)7-8-18(16)23-21(20)26/h3-9,11-12,25H,10,22H2,1-2H3,(H,23,26)/t12-/m0/s1. The van der Waals surface area contributed by atoms with Gasteiger partial charge in [-0.25, -0.2) is 0 Å². The van der Waals surface area contributed by atoms with E-state index in [1.54, 1.807) is 18.2 Å². The first-order chi connectivity index (χ1) is 12.5. The van der Waals surface area contributed by atoms with Crippen LogP contribution in [0.4, 0.5) is 0 Å². The molecule has 0 bridgehead atoms. The van der Waals surface area contributed by atoms with Crippen molar-refractivity contribution in [3.63, 3.8) is 0 Å². The number of phenolic OH excluding ortho intramolecular Hbond substituents is 1. The molecule has 0 spiro atoms. The van der Waals surface area contributed by atoms with E-state index < -0.39 is 0 Å². The second-order valence-electron chi connectivity index (χ2n) is 6.82. The molecular weight excluding hydrogens is 326 g/mol. The van der Waals surface area contributed by atoms with Gasteiger partial charge in [-0.1, -0.05) is 31.2 Å². The summed E-state index contributed by atoms with van der Waals surface area (Å²) in [5.41, 5.74) is 10.1. The van der Waals surface area contributed by atoms with Crippen molar-refractivity contribution in [2.24, 2.45) is 12.8 Å². The maximum absolute atomic E-state index is 12.6. The van der Waals surface area contributed by atoms with E-state index in [0.717, 1.165) is 21.9 Å². The molecule has 0 amide bonds. The molecule has 0 radical (unpaired) electrons. The van der Waals surface area contributed by atoms with Crippen LogP contribution < -0.4 is 11.3 Å². The third-order valence-corrected chi connectivity index (χ3v) is 5.06. The molecule has 0 saturated heterocycles. The molecule has 2 aromatic carbocycles. The zero-order valence-corrected chi connectivity index (χ0v) is 14.8. The van der Waals surface area contributed by atoms with E-state index in [-0.39, 0.29) is 11.3 Å². The van der Waals surface area contributed by atoms with Gasteiger partial charge in [-0.05, 0) is 41.8 Å². The average molecular weight is 347 g/mol. The van der Waals surface area contributed by atoms with Crippen LogP contribution in [0.2, 0.25) is 0 Å². The summed E-state index contributed by atoms with van der Waals surface area (Å²) in [6, 6.07) is 13.3. The van der Waals surface area contributed by atoms with Gasteiger partial charge in [0.1, 0.15) is 11.3 Å². The Morgan fingerprint density at radius 1 is 1.19 bits per heavy atom. The number of H-pyrrole nitrogens is 1. The third kappa shape index (κ3) is 2.48. The molecule has 26 heavy (non-hydrogen) atoms. The van der Waals surface area contributed by atoms with Crippen LogP contribution >= 0.6 is 0 Å². The van der Waals surface area contributed by atoms with Crippen molar-refractivity contribution in [1.82, 2.24) is 9.55 Å². The highest BCUT2D eigenvalue weighted by molar-refractivity contribution is 6.12. The molecule has 132 valence electrons. The molecular formula is C21H21N3O2. The minimum atomic E-state index is -0.139. The van der Waals surface area contributed by atoms with Crippen LogP contribution in [0.3, 0.4) is 0 Å². The van der Waals surface area contributed by atoms with Gasteiger partial charge < -0.3 is 20.4 Å². The van der Waals surface area contributed by atoms with Gasteiger partial charge in [0.2, 0.25) is 0 Å². The van der Waals surface area contributed by atoms with E-state index in [2.05, 4.69) is 36.2 Å². The number of aromatic amines is 1. The highest BCUT2D eigenvalue weighted by Gasteiger charge is 2.16. The summed E-state index contributed by atoms with van der Waals surface area (Å²) in [4.78, 5) is 15.5. The number of hydrogen-bond donors (Lipinski definition) is 3. The number of pyridine rings is 1. The van der Waals surface area contributed by atoms with Crippen molar-refractivity contribution in [3.8, 4) is 16.9 Å². The fourth-order valence-corrected chi connectivity index (χ4v) is 3.55. The van der Waals surface area contributed by atoms with Crippen LogP contribution in [0.5, 0.6) is 5.75 Å². The number of aromatic hydroxyl groups is 1. The minimum absolute atomic E-state index is 0.139. The Bertz CT molecular complexity index is 1170. The van der Waals surface area contributed by atoms with Gasteiger partial charge in [-0.15, -0.1) is 0 Å². The van der Waals surface area contributed by atoms with Gasteiger partial charge in [0.15, 0.2) is 0 Å². The van der Waals surface area contributed by atoms with E-state index in [0.29, 0.717) is 23.5 Å². The third-order valence-electron chi connectivity index (χ3n) is 5.06. The Labute approximate surface area is 150 Å². The lowest BCUT2D eigenvalue weighted by atomic mass is 9.96. The molecule has 4 aromatic rings. The van der Waals surface area contributed by atoms with E-state index in [4.69, 9.17) is 5.73 Å². The predicted octanol–water partition coefficient (Wildman–Crippen LogP) is 3.45. The molecule has 0 fully saturated rings. The largest absolute Gasteiger partial charge is 0.508 e. The number of benzene rings is 2. The summed E-state index contributed by atoms with van der Waals surface area (Å²) in [6.07, 6.45) is 1.96. The van der Waals surface area contributed by atoms with Crippen molar-refractivity contribution >= 4 is 21.8 Å². The van der Waals surface area contributed by atoms with Crippen LogP contribution in [0.1, 0.15) is 18.4 Å². The zero-order chi connectivity index (χ0) is 18.4. The van der Waals surface area contributed by atoms with E-state index in [1.807, 2.05) is 17.8 Å². The van der Waals surface area contributed by atoms with Gasteiger partial charge in [0.25, 0.3) is 5.56 Å². The summed E-state index contributed by atoms with van der Waals surface area (Å²) in [7, 11) is 1.86. The lowest BCUT2D eigenvalue weighted by Gasteiger charge is -2.10. The van der Waals surface area contributed by atoms with Crippen molar-refractivity contribution in [2.75, 3.05) is 6.54 Å². The molecule has 1 atom stereocenters. The van der Waals surface area contributed by atoms with Crippen LogP contribution in [-0.2, 0) is 7.05 Å². The normalized spacial score (nSPS) is 12.7. The number of phenols is 1. The molecule has 4 rings (SSSR count). The number of aromatic nitrogens is 2. The van der Waals surface area contributed by atoms with E-state index >= 15 is 0 Å². The Hall–Kier alpha value is -3.05. The zero-order valence-electron chi connectivity index (χ0n) is 14.8. The first-order valence-corrected chi connectivity index (χ1v) is 8.64. The molecule has 5 heteroatoms. The molecule has 0 saturated carbocycles. The highest BCUT2D eigenvalue weighted by atomic mass is 16.3. The van der Waals surface area contributed by atoms with Gasteiger partial charge in [0, 0.05) is 35.1 Å². The lowest BCUT2D eigenvalue weighted by molar-refractivity contribution is 0.476. The van der Waals surface area contributed by atoms with E-state index in [9.17, 15) is 9.90 Å². The molecule has 0 aliphatic rings. The number of hydrogen-bond acceptors (Lipinski definition) is 3. The average Bonchev–Trinajstić information content (AvgIpc) is 3.00. The molecule has 0 unspecified atom stereocenters. The number of nitrogens with two attached hydrogens (primary N) is 1. The topological polar surface area (TPSA) is 84.0 Å². The number of nitrogens with zero attached hydrogens (tertiary/aromatic N) is 1. The summed E-state index contributed by atoms with van der Waals surface area (Å²) < 4.78 is 1.84. The molecule has 0 aliphatic carbocycles. The smallest absolute Gasteiger partial charge is 0.272 e.